The van der Waals surface area contributed by atoms with Crippen LogP contribution in [0.2, 0.25) is 0 Å². The van der Waals surface area contributed by atoms with Gasteiger partial charge in [-0.2, -0.15) is 5.10 Å². The predicted molar refractivity (Wildman–Crippen MR) is 130 cm³/mol. The molecule has 170 valence electrons. The number of nitrogens with zero attached hydrogens (tertiary/aromatic N) is 5. The molecule has 2 aromatic carbocycles. The smallest absolute Gasteiger partial charge is 0.154 e. The van der Waals surface area contributed by atoms with Gasteiger partial charge in [-0.15, -0.1) is 0 Å². The Bertz CT molecular complexity index is 1200. The number of unbranched alkanes of at least 4 members (excludes halogenated alkanes) is 1. The van der Waals surface area contributed by atoms with Gasteiger partial charge >= 0.3 is 0 Å². The zero-order chi connectivity index (χ0) is 22.6. The van der Waals surface area contributed by atoms with E-state index in [0.29, 0.717) is 0 Å². The third-order valence-corrected chi connectivity index (χ3v) is 6.06. The first-order valence-corrected chi connectivity index (χ1v) is 11.5. The monoisotopic (exact) mass is 445 g/mol. The molecule has 3 heterocycles. The van der Waals surface area contributed by atoms with Crippen LogP contribution in [-0.4, -0.2) is 47.4 Å². The summed E-state index contributed by atoms with van der Waals surface area (Å²) >= 11 is 0. The summed E-state index contributed by atoms with van der Waals surface area (Å²) < 4.78 is 20.9. The third-order valence-electron chi connectivity index (χ3n) is 6.06. The second kappa shape index (κ2) is 9.48. The van der Waals surface area contributed by atoms with Crippen LogP contribution in [0.5, 0.6) is 5.75 Å². The van der Waals surface area contributed by atoms with Crippen LogP contribution in [0, 0.1) is 5.82 Å². The number of hydrogen-bond donors (Lipinski definition) is 0. The second-order valence-corrected chi connectivity index (χ2v) is 8.29. The van der Waals surface area contributed by atoms with Gasteiger partial charge in [-0.1, -0.05) is 13.3 Å². The number of piperazine rings is 1. The molecule has 4 aromatic rings. The van der Waals surface area contributed by atoms with E-state index in [1.165, 1.54) is 12.1 Å². The van der Waals surface area contributed by atoms with Crippen LogP contribution in [0.25, 0.3) is 16.8 Å². The molecule has 0 unspecified atom stereocenters. The number of hydrogen-bond acceptors (Lipinski definition) is 5. The quantitative estimate of drug-likeness (QED) is 0.373. The van der Waals surface area contributed by atoms with E-state index in [9.17, 15) is 4.39 Å². The van der Waals surface area contributed by atoms with Gasteiger partial charge in [0.05, 0.1) is 12.3 Å². The van der Waals surface area contributed by atoms with Crippen molar-refractivity contribution in [1.82, 2.24) is 14.6 Å². The lowest BCUT2D eigenvalue weighted by atomic mass is 10.1. The van der Waals surface area contributed by atoms with E-state index in [2.05, 4.69) is 39.9 Å². The number of rotatable bonds is 7. The molecule has 0 aliphatic carbocycles. The SMILES string of the molecule is CCCCOc1ccc(-c2cc3c(N4CCN(c5ccc(F)cc5)CC4)nccn3n2)cc1. The van der Waals surface area contributed by atoms with Gasteiger partial charge in [0.15, 0.2) is 5.82 Å². The van der Waals surface area contributed by atoms with Crippen LogP contribution in [-0.2, 0) is 0 Å². The number of benzene rings is 2. The van der Waals surface area contributed by atoms with Gasteiger partial charge in [0.25, 0.3) is 0 Å². The molecule has 0 spiro atoms. The standard InChI is InChI=1S/C26H28FN5O/c1-2-3-18-33-23-10-4-20(5-11-23)24-19-25-26(28-12-13-32(25)29-24)31-16-14-30(15-17-31)22-8-6-21(27)7-9-22/h4-13,19H,2-3,14-18H2,1H3. The second-order valence-electron chi connectivity index (χ2n) is 8.29. The zero-order valence-electron chi connectivity index (χ0n) is 18.8. The van der Waals surface area contributed by atoms with Gasteiger partial charge in [-0.25, -0.2) is 13.9 Å². The van der Waals surface area contributed by atoms with Crippen molar-refractivity contribution in [2.24, 2.45) is 0 Å². The summed E-state index contributed by atoms with van der Waals surface area (Å²) in [4.78, 5) is 9.26. The van der Waals surface area contributed by atoms with Crippen LogP contribution >= 0.6 is 0 Å². The molecule has 1 aliphatic rings. The van der Waals surface area contributed by atoms with Crippen molar-refractivity contribution in [2.45, 2.75) is 19.8 Å². The Morgan fingerprint density at radius 1 is 0.939 bits per heavy atom. The highest BCUT2D eigenvalue weighted by Crippen LogP contribution is 2.28. The molecular formula is C26H28FN5O. The largest absolute Gasteiger partial charge is 0.494 e. The lowest BCUT2D eigenvalue weighted by molar-refractivity contribution is 0.309. The van der Waals surface area contributed by atoms with Crippen molar-refractivity contribution < 1.29 is 9.13 Å². The van der Waals surface area contributed by atoms with E-state index < -0.39 is 0 Å². The third kappa shape index (κ3) is 4.62. The first kappa shape index (κ1) is 21.2. The van der Waals surface area contributed by atoms with Crippen molar-refractivity contribution in [3.63, 3.8) is 0 Å². The predicted octanol–water partition coefficient (Wildman–Crippen LogP) is 5.04. The number of fused-ring (bicyclic) bond motifs is 1. The Morgan fingerprint density at radius 2 is 1.67 bits per heavy atom. The average Bonchev–Trinajstić information content (AvgIpc) is 3.30. The summed E-state index contributed by atoms with van der Waals surface area (Å²) in [7, 11) is 0. The fraction of sp³-hybridized carbons (Fsp3) is 0.308. The van der Waals surface area contributed by atoms with Crippen LogP contribution in [0.4, 0.5) is 15.9 Å². The first-order chi connectivity index (χ1) is 16.2. The molecule has 0 saturated carbocycles. The Balaban J connectivity index is 1.32. The molecule has 2 aromatic heterocycles. The van der Waals surface area contributed by atoms with Gasteiger partial charge < -0.3 is 14.5 Å². The average molecular weight is 446 g/mol. The van der Waals surface area contributed by atoms with E-state index in [0.717, 1.165) is 79.7 Å². The summed E-state index contributed by atoms with van der Waals surface area (Å²) in [5.74, 6) is 1.62. The fourth-order valence-corrected chi connectivity index (χ4v) is 4.18. The summed E-state index contributed by atoms with van der Waals surface area (Å²) in [6.45, 7) is 6.30. The van der Waals surface area contributed by atoms with Crippen molar-refractivity contribution in [3.05, 3.63) is 72.8 Å². The van der Waals surface area contributed by atoms with Crippen LogP contribution in [0.15, 0.2) is 67.0 Å². The number of anilines is 2. The number of halogens is 1. The zero-order valence-corrected chi connectivity index (χ0v) is 18.8. The van der Waals surface area contributed by atoms with Crippen molar-refractivity contribution in [1.29, 1.82) is 0 Å². The maximum absolute atomic E-state index is 13.2. The number of ether oxygens (including phenoxy) is 1. The van der Waals surface area contributed by atoms with Crippen molar-refractivity contribution in [3.8, 4) is 17.0 Å². The summed E-state index contributed by atoms with van der Waals surface area (Å²) in [5.41, 5.74) is 4.00. The molecule has 33 heavy (non-hydrogen) atoms. The molecule has 6 nitrogen and oxygen atoms in total. The van der Waals surface area contributed by atoms with Gasteiger partial charge in [-0.3, -0.25) is 0 Å². The Hall–Kier alpha value is -3.61. The minimum absolute atomic E-state index is 0.205. The lowest BCUT2D eigenvalue weighted by Crippen LogP contribution is -2.47. The maximum atomic E-state index is 13.2. The molecule has 7 heteroatoms. The molecule has 0 bridgehead atoms. The minimum Gasteiger partial charge on any atom is -0.494 e. The summed E-state index contributed by atoms with van der Waals surface area (Å²) in [5, 5.41) is 4.78. The Labute approximate surface area is 193 Å². The van der Waals surface area contributed by atoms with Crippen LogP contribution < -0.4 is 14.5 Å². The number of aromatic nitrogens is 3. The Kier molecular flexibility index (Phi) is 6.11. The van der Waals surface area contributed by atoms with Crippen LogP contribution in [0.1, 0.15) is 19.8 Å². The van der Waals surface area contributed by atoms with Crippen molar-refractivity contribution >= 4 is 17.0 Å². The minimum atomic E-state index is -0.205. The normalized spacial score (nSPS) is 14.1. The van der Waals surface area contributed by atoms with E-state index >= 15 is 0 Å². The highest BCUT2D eigenvalue weighted by Gasteiger charge is 2.21. The van der Waals surface area contributed by atoms with E-state index in [4.69, 9.17) is 9.84 Å². The fourth-order valence-electron chi connectivity index (χ4n) is 4.18. The molecule has 5 rings (SSSR count). The van der Waals surface area contributed by atoms with Gasteiger partial charge in [-0.05, 0) is 61.0 Å². The Morgan fingerprint density at radius 3 is 2.39 bits per heavy atom. The lowest BCUT2D eigenvalue weighted by Gasteiger charge is -2.36. The molecule has 0 amide bonds. The molecule has 0 N–H and O–H groups in total. The molecule has 0 radical (unpaired) electrons. The molecule has 0 atom stereocenters. The topological polar surface area (TPSA) is 45.9 Å². The van der Waals surface area contributed by atoms with Crippen molar-refractivity contribution in [2.75, 3.05) is 42.6 Å². The summed E-state index contributed by atoms with van der Waals surface area (Å²) in [6, 6.07) is 16.9. The van der Waals surface area contributed by atoms with E-state index in [1.807, 2.05) is 35.0 Å². The highest BCUT2D eigenvalue weighted by molar-refractivity contribution is 5.75. The van der Waals surface area contributed by atoms with Gasteiger partial charge in [0.2, 0.25) is 0 Å². The van der Waals surface area contributed by atoms with Gasteiger partial charge in [0, 0.05) is 49.8 Å². The maximum Gasteiger partial charge on any atom is 0.154 e. The molecular weight excluding hydrogens is 417 g/mol. The van der Waals surface area contributed by atoms with E-state index in [1.54, 1.807) is 6.20 Å². The highest BCUT2D eigenvalue weighted by atomic mass is 19.1. The van der Waals surface area contributed by atoms with Crippen LogP contribution in [0.3, 0.4) is 0 Å². The first-order valence-electron chi connectivity index (χ1n) is 11.5. The van der Waals surface area contributed by atoms with E-state index in [-0.39, 0.29) is 5.82 Å². The van der Waals surface area contributed by atoms with Gasteiger partial charge in [0.1, 0.15) is 17.1 Å². The molecule has 1 aliphatic heterocycles. The summed E-state index contributed by atoms with van der Waals surface area (Å²) in [6.07, 6.45) is 5.87. The molecule has 1 fully saturated rings. The molecule has 1 saturated heterocycles.